The zero-order chi connectivity index (χ0) is 19.5. The summed E-state index contributed by atoms with van der Waals surface area (Å²) in [5.74, 6) is 0. The van der Waals surface area contributed by atoms with Crippen LogP contribution < -0.4 is 0 Å². The fourth-order valence-corrected chi connectivity index (χ4v) is 0.807. The quantitative estimate of drug-likeness (QED) is 0.507. The second kappa shape index (κ2) is 42.9. The highest BCUT2D eigenvalue weighted by Gasteiger charge is 1.80. The van der Waals surface area contributed by atoms with Gasteiger partial charge in [-0.1, -0.05) is 137 Å². The molecule has 23 heavy (non-hydrogen) atoms. The number of unbranched alkanes of at least 4 members (excludes halogenated alkanes) is 2. The van der Waals surface area contributed by atoms with Crippen LogP contribution in [0.25, 0.3) is 0 Å². The highest BCUT2D eigenvalue weighted by Crippen LogP contribution is 2.00. The van der Waals surface area contributed by atoms with E-state index in [0.29, 0.717) is 0 Å². The van der Waals surface area contributed by atoms with Crippen LogP contribution in [0.2, 0.25) is 0 Å². The maximum Gasteiger partial charge on any atom is -0.0398 e. The van der Waals surface area contributed by atoms with E-state index in [-0.39, 0.29) is 0 Å². The van der Waals surface area contributed by atoms with Crippen LogP contribution >= 0.6 is 0 Å². The lowest BCUT2D eigenvalue weighted by atomic mass is 10.2. The van der Waals surface area contributed by atoms with Gasteiger partial charge < -0.3 is 0 Å². The zero-order valence-electron chi connectivity index (χ0n) is 18.8. The molecular formula is C23H50. The van der Waals surface area contributed by atoms with E-state index >= 15 is 0 Å². The number of rotatable bonds is 2. The Bertz CT molecular complexity index is 212. The molecule has 0 bridgehead atoms. The van der Waals surface area contributed by atoms with Crippen LogP contribution in [0.4, 0.5) is 0 Å². The van der Waals surface area contributed by atoms with E-state index in [1.165, 1.54) is 43.2 Å². The van der Waals surface area contributed by atoms with Gasteiger partial charge in [-0.05, 0) is 13.8 Å². The average molecular weight is 327 g/mol. The number of aryl methyl sites for hydroxylation is 2. The Balaban J connectivity index is -0.0000000627. The van der Waals surface area contributed by atoms with Crippen molar-refractivity contribution in [3.05, 3.63) is 35.4 Å². The largest absolute Gasteiger partial charge is 0.0683 e. The summed E-state index contributed by atoms with van der Waals surface area (Å²) in [7, 11) is 0. The highest BCUT2D eigenvalue weighted by atomic mass is 13.9. The Kier molecular flexibility index (Phi) is 62.9. The summed E-state index contributed by atoms with van der Waals surface area (Å²) in [5.41, 5.74) is 2.68. The Morgan fingerprint density at radius 3 is 0.870 bits per heavy atom. The third-order valence-corrected chi connectivity index (χ3v) is 2.17. The zero-order valence-corrected chi connectivity index (χ0v) is 18.8. The molecular weight excluding hydrogens is 276 g/mol. The number of hydrogen-bond acceptors (Lipinski definition) is 0. The van der Waals surface area contributed by atoms with E-state index in [0.717, 1.165) is 0 Å². The second-order valence-electron chi connectivity index (χ2n) is 4.87. The van der Waals surface area contributed by atoms with Gasteiger partial charge in [0.25, 0.3) is 0 Å². The molecule has 0 spiro atoms. The van der Waals surface area contributed by atoms with Gasteiger partial charge in [0.05, 0.1) is 0 Å². The molecule has 0 aliphatic carbocycles. The standard InChI is InChI=1S/C8H10.2C4H10.C3H8.2C2H6/c1-7-4-3-5-8(2)6-7;2*1-3-4-2;1-3-2;2*1-2/h3-6H,1-2H3;2*3-4H2,1-2H3;3H2,1-2H3;2*1-2H3. The van der Waals surface area contributed by atoms with Crippen molar-refractivity contribution in [2.45, 2.75) is 115 Å². The van der Waals surface area contributed by atoms with E-state index in [4.69, 9.17) is 0 Å². The molecule has 0 heteroatoms. The molecule has 0 saturated carbocycles. The van der Waals surface area contributed by atoms with Gasteiger partial charge >= 0.3 is 0 Å². The molecule has 0 unspecified atom stereocenters. The molecule has 0 amide bonds. The first-order chi connectivity index (χ1) is 11.0. The summed E-state index contributed by atoms with van der Waals surface area (Å²) in [6.45, 7) is 25.2. The lowest BCUT2D eigenvalue weighted by Gasteiger charge is -1.90. The smallest absolute Gasteiger partial charge is 0.0398 e. The Morgan fingerprint density at radius 1 is 0.565 bits per heavy atom. The van der Waals surface area contributed by atoms with Gasteiger partial charge in [0.15, 0.2) is 0 Å². The highest BCUT2D eigenvalue weighted by molar-refractivity contribution is 5.20. The molecule has 0 atom stereocenters. The lowest BCUT2D eigenvalue weighted by Crippen LogP contribution is -1.71. The van der Waals surface area contributed by atoms with Crippen molar-refractivity contribution >= 4 is 0 Å². The van der Waals surface area contributed by atoms with Crippen molar-refractivity contribution in [3.63, 3.8) is 0 Å². The Hall–Kier alpha value is -0.780. The van der Waals surface area contributed by atoms with Crippen molar-refractivity contribution < 1.29 is 0 Å². The summed E-state index contributed by atoms with van der Waals surface area (Å²) in [6, 6.07) is 8.45. The molecule has 1 rings (SSSR count). The minimum atomic E-state index is 1.25. The van der Waals surface area contributed by atoms with E-state index in [2.05, 4.69) is 79.7 Å². The summed E-state index contributed by atoms with van der Waals surface area (Å²) in [6.07, 6.45) is 6.53. The average Bonchev–Trinajstić information content (AvgIpc) is 2.59. The number of benzene rings is 1. The Morgan fingerprint density at radius 2 is 0.783 bits per heavy atom. The first kappa shape index (κ1) is 33.7. The lowest BCUT2D eigenvalue weighted by molar-refractivity contribution is 0.886. The van der Waals surface area contributed by atoms with Gasteiger partial charge in [-0.3, -0.25) is 0 Å². The Labute approximate surface area is 151 Å². The minimum Gasteiger partial charge on any atom is -0.0683 e. The first-order valence-corrected chi connectivity index (χ1v) is 10.1. The van der Waals surface area contributed by atoms with Gasteiger partial charge in [0, 0.05) is 0 Å². The van der Waals surface area contributed by atoms with Gasteiger partial charge in [-0.15, -0.1) is 0 Å². The van der Waals surface area contributed by atoms with Crippen LogP contribution in [0.1, 0.15) is 112 Å². The van der Waals surface area contributed by atoms with Crippen LogP contribution in [-0.4, -0.2) is 0 Å². The van der Waals surface area contributed by atoms with Crippen molar-refractivity contribution in [2.24, 2.45) is 0 Å². The molecule has 0 heterocycles. The SMILES string of the molecule is CC.CC.CCC.CCCC.CCCC.Cc1cccc(C)c1. The molecule has 1 aromatic rings. The van der Waals surface area contributed by atoms with Gasteiger partial charge in [-0.25, -0.2) is 0 Å². The van der Waals surface area contributed by atoms with Crippen LogP contribution in [0.15, 0.2) is 24.3 Å². The van der Waals surface area contributed by atoms with Gasteiger partial charge in [-0.2, -0.15) is 0 Å². The van der Waals surface area contributed by atoms with Crippen LogP contribution in [0, 0.1) is 13.8 Å². The molecule has 1 aromatic carbocycles. The first-order valence-electron chi connectivity index (χ1n) is 10.1. The molecule has 0 nitrogen and oxygen atoms in total. The summed E-state index contributed by atoms with van der Waals surface area (Å²) < 4.78 is 0. The summed E-state index contributed by atoms with van der Waals surface area (Å²) in [5, 5.41) is 0. The van der Waals surface area contributed by atoms with Crippen molar-refractivity contribution in [2.75, 3.05) is 0 Å². The molecule has 0 radical (unpaired) electrons. The van der Waals surface area contributed by atoms with Gasteiger partial charge in [0.2, 0.25) is 0 Å². The third kappa shape index (κ3) is 62.3. The fourth-order valence-electron chi connectivity index (χ4n) is 0.807. The molecule has 0 aliphatic rings. The predicted molar refractivity (Wildman–Crippen MR) is 116 cm³/mol. The van der Waals surface area contributed by atoms with E-state index in [9.17, 15) is 0 Å². The van der Waals surface area contributed by atoms with Crippen LogP contribution in [0.3, 0.4) is 0 Å². The maximum absolute atomic E-state index is 2.18. The van der Waals surface area contributed by atoms with Crippen molar-refractivity contribution in [3.8, 4) is 0 Å². The normalized spacial score (nSPS) is 7.13. The molecule has 142 valence electrons. The summed E-state index contributed by atoms with van der Waals surface area (Å²) in [4.78, 5) is 0. The van der Waals surface area contributed by atoms with E-state index in [1.807, 2.05) is 27.7 Å². The second-order valence-corrected chi connectivity index (χ2v) is 4.87. The minimum absolute atomic E-state index is 1.25. The summed E-state index contributed by atoms with van der Waals surface area (Å²) >= 11 is 0. The monoisotopic (exact) mass is 326 g/mol. The maximum atomic E-state index is 2.18. The molecule has 0 fully saturated rings. The molecule has 0 aromatic heterocycles. The molecule has 0 N–H and O–H groups in total. The van der Waals surface area contributed by atoms with Crippen molar-refractivity contribution in [1.29, 1.82) is 0 Å². The van der Waals surface area contributed by atoms with Crippen LogP contribution in [0.5, 0.6) is 0 Å². The van der Waals surface area contributed by atoms with E-state index in [1.54, 1.807) is 0 Å². The fraction of sp³-hybridized carbons (Fsp3) is 0.739. The van der Waals surface area contributed by atoms with Crippen LogP contribution in [-0.2, 0) is 0 Å². The van der Waals surface area contributed by atoms with Crippen molar-refractivity contribution in [1.82, 2.24) is 0 Å². The van der Waals surface area contributed by atoms with Gasteiger partial charge in [0.1, 0.15) is 0 Å². The van der Waals surface area contributed by atoms with E-state index < -0.39 is 0 Å². The number of hydrogen-bond donors (Lipinski definition) is 0. The molecule has 0 saturated heterocycles. The third-order valence-electron chi connectivity index (χ3n) is 2.17. The molecule has 0 aliphatic heterocycles. The predicted octanol–water partition coefficient (Wildman–Crippen LogP) is 9.38. The topological polar surface area (TPSA) is 0 Å².